The van der Waals surface area contributed by atoms with Crippen LogP contribution in [0.25, 0.3) is 77.2 Å². The number of hydrogen-bond donors (Lipinski definition) is 0. The standard InChI is InChI=1S/C42H26N2O/c1-2-14-28(32-25-26-40-42-41(32)33-18-6-10-22-37(33)44(42)38-23-11-12-24-39(38)45-40)27(13-1)29-15-3-7-19-34(29)43-35-20-8-4-16-30(35)31-17-5-9-21-36(31)43/h1-26H. The van der Waals surface area contributed by atoms with Crippen LogP contribution in [0.1, 0.15) is 0 Å². The zero-order chi connectivity index (χ0) is 29.5. The predicted octanol–water partition coefficient (Wildman–Crippen LogP) is 11.3. The van der Waals surface area contributed by atoms with E-state index >= 15 is 0 Å². The van der Waals surface area contributed by atoms with Gasteiger partial charge in [0.05, 0.1) is 33.4 Å². The first-order chi connectivity index (χ1) is 22.4. The van der Waals surface area contributed by atoms with Crippen LogP contribution < -0.4 is 4.74 Å². The van der Waals surface area contributed by atoms with Gasteiger partial charge in [-0.05, 0) is 65.2 Å². The molecule has 0 saturated carbocycles. The van der Waals surface area contributed by atoms with E-state index in [2.05, 4.69) is 155 Å². The summed E-state index contributed by atoms with van der Waals surface area (Å²) in [6.45, 7) is 0. The molecule has 3 heterocycles. The molecule has 210 valence electrons. The van der Waals surface area contributed by atoms with E-state index in [-0.39, 0.29) is 0 Å². The Morgan fingerprint density at radius 2 is 0.844 bits per heavy atom. The van der Waals surface area contributed by atoms with Crippen molar-refractivity contribution in [1.82, 2.24) is 9.13 Å². The third kappa shape index (κ3) is 3.35. The van der Waals surface area contributed by atoms with Gasteiger partial charge in [-0.15, -0.1) is 0 Å². The van der Waals surface area contributed by atoms with Crippen LogP contribution in [-0.2, 0) is 0 Å². The van der Waals surface area contributed by atoms with Gasteiger partial charge in [0, 0.05) is 27.1 Å². The molecule has 0 spiro atoms. The molecule has 2 aromatic heterocycles. The second-order valence-electron chi connectivity index (χ2n) is 11.7. The number of ether oxygens (including phenoxy) is 1. The summed E-state index contributed by atoms with van der Waals surface area (Å²) in [5.74, 6) is 1.76. The van der Waals surface area contributed by atoms with E-state index in [1.807, 2.05) is 12.1 Å². The lowest BCUT2D eigenvalue weighted by atomic mass is 9.91. The quantitative estimate of drug-likeness (QED) is 0.205. The van der Waals surface area contributed by atoms with Crippen LogP contribution in [0.5, 0.6) is 11.5 Å². The van der Waals surface area contributed by atoms with E-state index in [9.17, 15) is 0 Å². The third-order valence-electron chi connectivity index (χ3n) is 9.34. The number of hydrogen-bond acceptors (Lipinski definition) is 1. The van der Waals surface area contributed by atoms with Crippen molar-refractivity contribution in [2.45, 2.75) is 0 Å². The highest BCUT2D eigenvalue weighted by Crippen LogP contribution is 2.50. The van der Waals surface area contributed by atoms with Gasteiger partial charge in [-0.2, -0.15) is 0 Å². The molecule has 3 heteroatoms. The summed E-state index contributed by atoms with van der Waals surface area (Å²) in [5.41, 5.74) is 11.7. The average molecular weight is 575 g/mol. The summed E-state index contributed by atoms with van der Waals surface area (Å²) in [5, 5.41) is 4.95. The minimum atomic E-state index is 0.876. The lowest BCUT2D eigenvalue weighted by Gasteiger charge is -2.22. The van der Waals surface area contributed by atoms with E-state index in [0.29, 0.717) is 0 Å². The number of rotatable bonds is 3. The highest BCUT2D eigenvalue weighted by molar-refractivity contribution is 6.19. The van der Waals surface area contributed by atoms with Crippen molar-refractivity contribution < 1.29 is 4.74 Å². The van der Waals surface area contributed by atoms with Crippen LogP contribution in [0.4, 0.5) is 0 Å². The van der Waals surface area contributed by atoms with Gasteiger partial charge in [0.25, 0.3) is 0 Å². The van der Waals surface area contributed by atoms with Crippen molar-refractivity contribution in [3.05, 3.63) is 158 Å². The smallest absolute Gasteiger partial charge is 0.152 e. The Kier molecular flexibility index (Phi) is 5.00. The molecule has 0 amide bonds. The molecule has 1 aliphatic rings. The van der Waals surface area contributed by atoms with E-state index in [4.69, 9.17) is 4.74 Å². The zero-order valence-corrected chi connectivity index (χ0v) is 24.3. The third-order valence-corrected chi connectivity index (χ3v) is 9.34. The Hall–Kier alpha value is -6.06. The topological polar surface area (TPSA) is 19.1 Å². The first-order valence-corrected chi connectivity index (χ1v) is 15.4. The molecule has 0 fully saturated rings. The highest BCUT2D eigenvalue weighted by Gasteiger charge is 2.26. The molecule has 0 saturated heterocycles. The molecule has 0 radical (unpaired) electrons. The van der Waals surface area contributed by atoms with Crippen LogP contribution in [-0.4, -0.2) is 9.13 Å². The van der Waals surface area contributed by atoms with Gasteiger partial charge in [0.1, 0.15) is 0 Å². The molecule has 0 atom stereocenters. The first kappa shape index (κ1) is 24.4. The normalized spacial score (nSPS) is 12.2. The Morgan fingerprint density at radius 3 is 1.56 bits per heavy atom. The molecular formula is C42H26N2O. The fourth-order valence-corrected chi connectivity index (χ4v) is 7.50. The van der Waals surface area contributed by atoms with Crippen molar-refractivity contribution in [3.63, 3.8) is 0 Å². The Morgan fingerprint density at radius 1 is 0.333 bits per heavy atom. The van der Waals surface area contributed by atoms with Crippen molar-refractivity contribution in [2.75, 3.05) is 0 Å². The fraction of sp³-hybridized carbons (Fsp3) is 0. The van der Waals surface area contributed by atoms with Crippen LogP contribution >= 0.6 is 0 Å². The molecule has 0 unspecified atom stereocenters. The monoisotopic (exact) mass is 574 g/mol. The minimum Gasteiger partial charge on any atom is -0.453 e. The largest absolute Gasteiger partial charge is 0.453 e. The minimum absolute atomic E-state index is 0.876. The van der Waals surface area contributed by atoms with Gasteiger partial charge >= 0.3 is 0 Å². The van der Waals surface area contributed by atoms with Gasteiger partial charge in [-0.3, -0.25) is 0 Å². The molecular weight excluding hydrogens is 548 g/mol. The van der Waals surface area contributed by atoms with E-state index < -0.39 is 0 Å². The second-order valence-corrected chi connectivity index (χ2v) is 11.7. The number of nitrogens with zero attached hydrogens (tertiary/aromatic N) is 2. The number of benzene rings is 7. The summed E-state index contributed by atoms with van der Waals surface area (Å²) in [6, 6.07) is 56.5. The predicted molar refractivity (Wildman–Crippen MR) is 186 cm³/mol. The maximum atomic E-state index is 6.51. The van der Waals surface area contributed by atoms with Crippen LogP contribution in [0, 0.1) is 0 Å². The van der Waals surface area contributed by atoms with Gasteiger partial charge < -0.3 is 13.9 Å². The maximum Gasteiger partial charge on any atom is 0.152 e. The molecule has 0 N–H and O–H groups in total. The second kappa shape index (κ2) is 9.22. The van der Waals surface area contributed by atoms with Crippen molar-refractivity contribution >= 4 is 43.6 Å². The van der Waals surface area contributed by atoms with Crippen LogP contribution in [0.2, 0.25) is 0 Å². The van der Waals surface area contributed by atoms with Crippen molar-refractivity contribution in [1.29, 1.82) is 0 Å². The first-order valence-electron chi connectivity index (χ1n) is 15.4. The molecule has 45 heavy (non-hydrogen) atoms. The molecule has 0 bridgehead atoms. The van der Waals surface area contributed by atoms with Gasteiger partial charge in [-0.1, -0.05) is 109 Å². The molecule has 1 aliphatic heterocycles. The molecule has 3 nitrogen and oxygen atoms in total. The maximum absolute atomic E-state index is 6.51. The Balaban J connectivity index is 1.28. The van der Waals surface area contributed by atoms with E-state index in [1.165, 1.54) is 60.3 Å². The summed E-state index contributed by atoms with van der Waals surface area (Å²) in [6.07, 6.45) is 0. The Bertz CT molecular complexity index is 2580. The Labute approximate surface area is 259 Å². The van der Waals surface area contributed by atoms with Gasteiger partial charge in [-0.25, -0.2) is 0 Å². The van der Waals surface area contributed by atoms with E-state index in [1.54, 1.807) is 0 Å². The molecule has 0 aliphatic carbocycles. The lowest BCUT2D eigenvalue weighted by molar-refractivity contribution is 0.476. The average Bonchev–Trinajstić information content (AvgIpc) is 3.63. The number of aromatic nitrogens is 2. The summed E-state index contributed by atoms with van der Waals surface area (Å²) >= 11 is 0. The number of para-hydroxylation sites is 6. The highest BCUT2D eigenvalue weighted by atomic mass is 16.5. The molecule has 9 aromatic rings. The van der Waals surface area contributed by atoms with Gasteiger partial charge in [0.2, 0.25) is 0 Å². The summed E-state index contributed by atoms with van der Waals surface area (Å²) in [7, 11) is 0. The lowest BCUT2D eigenvalue weighted by Crippen LogP contribution is -2.04. The van der Waals surface area contributed by atoms with Crippen molar-refractivity contribution in [2.24, 2.45) is 0 Å². The van der Waals surface area contributed by atoms with Crippen LogP contribution in [0.3, 0.4) is 0 Å². The molecule has 10 rings (SSSR count). The summed E-state index contributed by atoms with van der Waals surface area (Å²) < 4.78 is 11.3. The van der Waals surface area contributed by atoms with E-state index in [0.717, 1.165) is 28.4 Å². The molecule has 7 aromatic carbocycles. The van der Waals surface area contributed by atoms with Gasteiger partial charge in [0.15, 0.2) is 11.5 Å². The zero-order valence-electron chi connectivity index (χ0n) is 24.3. The fourth-order valence-electron chi connectivity index (χ4n) is 7.50. The SMILES string of the molecule is c1ccc2c(c1)Oc1ccc(-c3ccccc3-c3ccccc3-n3c4ccccc4c4ccccc43)c3c4ccccc4n-2c13. The van der Waals surface area contributed by atoms with Crippen molar-refractivity contribution in [3.8, 4) is 45.1 Å². The number of fused-ring (bicyclic) bond motifs is 8. The summed E-state index contributed by atoms with van der Waals surface area (Å²) in [4.78, 5) is 0. The van der Waals surface area contributed by atoms with Crippen LogP contribution in [0.15, 0.2) is 158 Å².